The quantitative estimate of drug-likeness (QED) is 0.807. The SMILES string of the molecule is CCC(C)CCn1ccnc1.O=C(O)O. The van der Waals surface area contributed by atoms with Crippen LogP contribution in [0, 0.1) is 5.92 Å². The molecule has 1 unspecified atom stereocenters. The van der Waals surface area contributed by atoms with E-state index in [1.807, 2.05) is 18.7 Å². The molecule has 0 aromatic carbocycles. The van der Waals surface area contributed by atoms with Crippen LogP contribution in [0.5, 0.6) is 0 Å². The molecule has 0 fully saturated rings. The maximum absolute atomic E-state index is 8.56. The van der Waals surface area contributed by atoms with Crippen molar-refractivity contribution in [2.24, 2.45) is 5.92 Å². The Bertz CT molecular complexity index is 256. The van der Waals surface area contributed by atoms with Gasteiger partial charge >= 0.3 is 6.16 Å². The second-order valence-corrected chi connectivity index (χ2v) is 3.39. The topological polar surface area (TPSA) is 75.4 Å². The molecular formula is C10H18N2O3. The van der Waals surface area contributed by atoms with E-state index >= 15 is 0 Å². The van der Waals surface area contributed by atoms with Gasteiger partial charge in [-0.2, -0.15) is 0 Å². The molecule has 0 saturated carbocycles. The lowest BCUT2D eigenvalue weighted by Crippen LogP contribution is -2.00. The molecule has 1 rings (SSSR count). The number of hydrogen-bond donors (Lipinski definition) is 2. The van der Waals surface area contributed by atoms with E-state index in [0.29, 0.717) is 0 Å². The van der Waals surface area contributed by atoms with E-state index in [9.17, 15) is 0 Å². The summed E-state index contributed by atoms with van der Waals surface area (Å²) in [6, 6.07) is 0. The van der Waals surface area contributed by atoms with E-state index in [4.69, 9.17) is 15.0 Å². The first-order chi connectivity index (χ1) is 7.06. The minimum Gasteiger partial charge on any atom is -0.450 e. The van der Waals surface area contributed by atoms with Crippen LogP contribution in [-0.2, 0) is 6.54 Å². The third kappa shape index (κ3) is 8.80. The number of imidazole rings is 1. The number of hydrogen-bond acceptors (Lipinski definition) is 2. The first-order valence-electron chi connectivity index (χ1n) is 4.93. The molecule has 0 amide bonds. The zero-order valence-corrected chi connectivity index (χ0v) is 9.13. The lowest BCUT2D eigenvalue weighted by molar-refractivity contribution is 0.137. The highest BCUT2D eigenvalue weighted by atomic mass is 16.6. The van der Waals surface area contributed by atoms with E-state index < -0.39 is 6.16 Å². The summed E-state index contributed by atoms with van der Waals surface area (Å²) in [5.74, 6) is 0.831. The number of carbonyl (C=O) groups is 1. The number of carboxylic acid groups (broad SMARTS) is 2. The molecule has 0 aliphatic rings. The molecule has 0 saturated heterocycles. The third-order valence-electron chi connectivity index (χ3n) is 2.14. The Morgan fingerprint density at radius 1 is 1.53 bits per heavy atom. The Kier molecular flexibility index (Phi) is 7.05. The van der Waals surface area contributed by atoms with Gasteiger partial charge in [0.15, 0.2) is 0 Å². The molecule has 0 aliphatic carbocycles. The molecule has 15 heavy (non-hydrogen) atoms. The van der Waals surface area contributed by atoms with Crippen molar-refractivity contribution in [3.63, 3.8) is 0 Å². The summed E-state index contributed by atoms with van der Waals surface area (Å²) >= 11 is 0. The van der Waals surface area contributed by atoms with Crippen molar-refractivity contribution >= 4 is 6.16 Å². The number of rotatable bonds is 4. The summed E-state index contributed by atoms with van der Waals surface area (Å²) in [5, 5.41) is 13.9. The molecule has 5 heteroatoms. The third-order valence-corrected chi connectivity index (χ3v) is 2.14. The van der Waals surface area contributed by atoms with Crippen molar-refractivity contribution in [2.75, 3.05) is 0 Å². The Morgan fingerprint density at radius 2 is 2.13 bits per heavy atom. The van der Waals surface area contributed by atoms with Crippen LogP contribution < -0.4 is 0 Å². The normalized spacial score (nSPS) is 11.3. The first-order valence-corrected chi connectivity index (χ1v) is 4.93. The predicted molar refractivity (Wildman–Crippen MR) is 57.0 cm³/mol. The van der Waals surface area contributed by atoms with Gasteiger partial charge in [0.1, 0.15) is 0 Å². The fourth-order valence-corrected chi connectivity index (χ4v) is 0.993. The van der Waals surface area contributed by atoms with Gasteiger partial charge in [-0.25, -0.2) is 9.78 Å². The molecule has 0 spiro atoms. The summed E-state index contributed by atoms with van der Waals surface area (Å²) in [4.78, 5) is 12.5. The summed E-state index contributed by atoms with van der Waals surface area (Å²) in [5.41, 5.74) is 0. The molecule has 1 heterocycles. The van der Waals surface area contributed by atoms with Crippen LogP contribution in [0.1, 0.15) is 26.7 Å². The summed E-state index contributed by atoms with van der Waals surface area (Å²) in [7, 11) is 0. The van der Waals surface area contributed by atoms with E-state index in [1.54, 1.807) is 0 Å². The highest BCUT2D eigenvalue weighted by molar-refractivity contribution is 5.53. The van der Waals surface area contributed by atoms with Crippen LogP contribution in [0.15, 0.2) is 18.7 Å². The summed E-state index contributed by atoms with van der Waals surface area (Å²) in [6.45, 7) is 5.63. The van der Waals surface area contributed by atoms with Crippen LogP contribution in [0.3, 0.4) is 0 Å². The van der Waals surface area contributed by atoms with Gasteiger partial charge in [0.05, 0.1) is 6.33 Å². The van der Waals surface area contributed by atoms with Crippen LogP contribution in [-0.4, -0.2) is 25.9 Å². The number of nitrogens with zero attached hydrogens (tertiary/aromatic N) is 2. The number of aryl methyl sites for hydroxylation is 1. The molecule has 86 valence electrons. The minimum atomic E-state index is -1.83. The maximum atomic E-state index is 8.56. The summed E-state index contributed by atoms with van der Waals surface area (Å²) < 4.78 is 2.13. The zero-order chi connectivity index (χ0) is 11.7. The Morgan fingerprint density at radius 3 is 2.53 bits per heavy atom. The van der Waals surface area contributed by atoms with Gasteiger partial charge in [-0.1, -0.05) is 20.3 Å². The van der Waals surface area contributed by atoms with Gasteiger partial charge in [-0.3, -0.25) is 0 Å². The molecule has 1 aromatic rings. The van der Waals surface area contributed by atoms with Crippen molar-refractivity contribution in [1.29, 1.82) is 0 Å². The predicted octanol–water partition coefficient (Wildman–Crippen LogP) is 2.54. The molecule has 0 bridgehead atoms. The van der Waals surface area contributed by atoms with Gasteiger partial charge < -0.3 is 14.8 Å². The maximum Gasteiger partial charge on any atom is 0.503 e. The standard InChI is InChI=1S/C9H16N2.CH2O3/c1-3-9(2)4-6-11-7-5-10-8-11;2-1(3)4/h5,7-9H,3-4,6H2,1-2H3;(H2,2,3,4). The number of aromatic nitrogens is 2. The van der Waals surface area contributed by atoms with Crippen LogP contribution in [0.25, 0.3) is 0 Å². The van der Waals surface area contributed by atoms with E-state index in [0.717, 1.165) is 12.5 Å². The van der Waals surface area contributed by atoms with Gasteiger partial charge in [0.25, 0.3) is 0 Å². The molecule has 1 atom stereocenters. The van der Waals surface area contributed by atoms with Gasteiger partial charge in [0, 0.05) is 18.9 Å². The van der Waals surface area contributed by atoms with Crippen molar-refractivity contribution in [2.45, 2.75) is 33.2 Å². The highest BCUT2D eigenvalue weighted by Gasteiger charge is 1.97. The summed E-state index contributed by atoms with van der Waals surface area (Å²) in [6.07, 6.45) is 6.42. The van der Waals surface area contributed by atoms with Crippen molar-refractivity contribution in [1.82, 2.24) is 9.55 Å². The van der Waals surface area contributed by atoms with E-state index in [2.05, 4.69) is 23.4 Å². The second kappa shape index (κ2) is 7.84. The van der Waals surface area contributed by atoms with Crippen molar-refractivity contribution in [3.05, 3.63) is 18.7 Å². The van der Waals surface area contributed by atoms with Crippen LogP contribution in [0.4, 0.5) is 4.79 Å². The molecule has 2 N–H and O–H groups in total. The Labute approximate surface area is 89.4 Å². The smallest absolute Gasteiger partial charge is 0.450 e. The van der Waals surface area contributed by atoms with Crippen LogP contribution >= 0.6 is 0 Å². The average molecular weight is 214 g/mol. The molecule has 0 radical (unpaired) electrons. The molecule has 0 aliphatic heterocycles. The van der Waals surface area contributed by atoms with E-state index in [1.165, 1.54) is 12.8 Å². The Balaban J connectivity index is 0.000000423. The molecule has 1 aromatic heterocycles. The fourth-order valence-electron chi connectivity index (χ4n) is 0.993. The van der Waals surface area contributed by atoms with Gasteiger partial charge in [-0.15, -0.1) is 0 Å². The lowest BCUT2D eigenvalue weighted by atomic mass is 10.1. The molecule has 5 nitrogen and oxygen atoms in total. The zero-order valence-electron chi connectivity index (χ0n) is 9.13. The van der Waals surface area contributed by atoms with Crippen molar-refractivity contribution in [3.8, 4) is 0 Å². The van der Waals surface area contributed by atoms with E-state index in [-0.39, 0.29) is 0 Å². The van der Waals surface area contributed by atoms with Gasteiger partial charge in [0.2, 0.25) is 0 Å². The highest BCUT2D eigenvalue weighted by Crippen LogP contribution is 2.07. The lowest BCUT2D eigenvalue weighted by Gasteiger charge is -2.07. The second-order valence-electron chi connectivity index (χ2n) is 3.39. The monoisotopic (exact) mass is 214 g/mol. The largest absolute Gasteiger partial charge is 0.503 e. The van der Waals surface area contributed by atoms with Crippen LogP contribution in [0.2, 0.25) is 0 Å². The Hall–Kier alpha value is -1.52. The average Bonchev–Trinajstić information content (AvgIpc) is 2.65. The van der Waals surface area contributed by atoms with Gasteiger partial charge in [-0.05, 0) is 12.3 Å². The molecular weight excluding hydrogens is 196 g/mol. The first kappa shape index (κ1) is 13.5. The fraction of sp³-hybridized carbons (Fsp3) is 0.600. The minimum absolute atomic E-state index is 0.831. The van der Waals surface area contributed by atoms with Crippen molar-refractivity contribution < 1.29 is 15.0 Å².